The molecule has 0 radical (unpaired) electrons. The summed E-state index contributed by atoms with van der Waals surface area (Å²) >= 11 is 0. The molecule has 0 bridgehead atoms. The van der Waals surface area contributed by atoms with Gasteiger partial charge in [0.05, 0.1) is 0 Å². The van der Waals surface area contributed by atoms with Crippen LogP contribution in [0.25, 0.3) is 0 Å². The molecule has 3 aliphatic rings. The number of amides is 3. The van der Waals surface area contributed by atoms with Crippen LogP contribution in [0, 0.1) is 0 Å². The lowest BCUT2D eigenvalue weighted by molar-refractivity contribution is -0.147. The van der Waals surface area contributed by atoms with Gasteiger partial charge in [0.1, 0.15) is 13.2 Å². The summed E-state index contributed by atoms with van der Waals surface area (Å²) in [5.74, 6) is -0.0513. The number of carboxylic acids is 1. The SMILES string of the molecule is O=C(O)C(Cc1ccc2c(c1)OCCO2)OC(=O)N1CCC(N2CCc3ccccc3NC2=O)CC1. The molecule has 0 aromatic heterocycles. The number of likely N-dealkylation sites (tertiary alicyclic amines) is 1. The number of hydrogen-bond acceptors (Lipinski definition) is 6. The lowest BCUT2D eigenvalue weighted by atomic mass is 10.0. The van der Waals surface area contributed by atoms with E-state index in [1.165, 1.54) is 4.90 Å². The molecule has 36 heavy (non-hydrogen) atoms. The Balaban J connectivity index is 1.15. The minimum absolute atomic E-state index is 0.00338. The second-order valence-corrected chi connectivity index (χ2v) is 9.14. The zero-order valence-corrected chi connectivity index (χ0v) is 19.9. The van der Waals surface area contributed by atoms with Crippen LogP contribution in [-0.2, 0) is 22.4 Å². The number of piperidine rings is 1. The number of carboxylic acid groups (broad SMARTS) is 1. The van der Waals surface area contributed by atoms with Crippen molar-refractivity contribution in [1.82, 2.24) is 9.80 Å². The highest BCUT2D eigenvalue weighted by Gasteiger charge is 2.33. The predicted octanol–water partition coefficient (Wildman–Crippen LogP) is 3.14. The number of benzene rings is 2. The topological polar surface area (TPSA) is 118 Å². The number of anilines is 1. The Kier molecular flexibility index (Phi) is 6.84. The van der Waals surface area contributed by atoms with E-state index in [4.69, 9.17) is 14.2 Å². The summed E-state index contributed by atoms with van der Waals surface area (Å²) < 4.78 is 16.4. The number of nitrogens with one attached hydrogen (secondary N) is 1. The van der Waals surface area contributed by atoms with E-state index in [0.717, 1.165) is 17.7 Å². The minimum Gasteiger partial charge on any atom is -0.486 e. The van der Waals surface area contributed by atoms with E-state index in [1.807, 2.05) is 29.2 Å². The van der Waals surface area contributed by atoms with Gasteiger partial charge >= 0.3 is 18.1 Å². The summed E-state index contributed by atoms with van der Waals surface area (Å²) in [6.45, 7) is 2.27. The normalized spacial score (nSPS) is 18.5. The van der Waals surface area contributed by atoms with Crippen LogP contribution >= 0.6 is 0 Å². The third-order valence-electron chi connectivity index (χ3n) is 6.85. The molecule has 5 rings (SSSR count). The fraction of sp³-hybridized carbons (Fsp3) is 0.423. The predicted molar refractivity (Wildman–Crippen MR) is 130 cm³/mol. The van der Waals surface area contributed by atoms with Crippen LogP contribution < -0.4 is 14.8 Å². The number of fused-ring (bicyclic) bond motifs is 2. The van der Waals surface area contributed by atoms with E-state index in [2.05, 4.69) is 5.32 Å². The Labute approximate surface area is 208 Å². The maximum Gasteiger partial charge on any atom is 0.410 e. The number of urea groups is 1. The monoisotopic (exact) mass is 495 g/mol. The minimum atomic E-state index is -1.33. The van der Waals surface area contributed by atoms with Gasteiger partial charge in [-0.1, -0.05) is 24.3 Å². The van der Waals surface area contributed by atoms with Crippen molar-refractivity contribution in [2.45, 2.75) is 37.8 Å². The van der Waals surface area contributed by atoms with Gasteiger partial charge in [-0.05, 0) is 48.6 Å². The zero-order chi connectivity index (χ0) is 25.1. The molecule has 0 spiro atoms. The summed E-state index contributed by atoms with van der Waals surface area (Å²) in [6.07, 6.45) is -0.0175. The molecular formula is C26H29N3O7. The molecule has 3 heterocycles. The van der Waals surface area contributed by atoms with E-state index in [9.17, 15) is 19.5 Å². The summed E-state index contributed by atoms with van der Waals surface area (Å²) in [5.41, 5.74) is 2.61. The summed E-state index contributed by atoms with van der Waals surface area (Å²) in [7, 11) is 0. The third-order valence-corrected chi connectivity index (χ3v) is 6.85. The van der Waals surface area contributed by atoms with Crippen LogP contribution in [0.15, 0.2) is 42.5 Å². The van der Waals surface area contributed by atoms with E-state index in [1.54, 1.807) is 18.2 Å². The van der Waals surface area contributed by atoms with Gasteiger partial charge in [0, 0.05) is 37.8 Å². The molecule has 190 valence electrons. The van der Waals surface area contributed by atoms with E-state index in [-0.39, 0.29) is 18.5 Å². The molecule has 10 heteroatoms. The smallest absolute Gasteiger partial charge is 0.410 e. The molecular weight excluding hydrogens is 466 g/mol. The van der Waals surface area contributed by atoms with Crippen molar-refractivity contribution in [3.63, 3.8) is 0 Å². The fourth-order valence-corrected chi connectivity index (χ4v) is 4.90. The number of aliphatic carboxylic acids is 1. The first-order valence-electron chi connectivity index (χ1n) is 12.2. The summed E-state index contributed by atoms with van der Waals surface area (Å²) in [6, 6.07) is 12.8. The van der Waals surface area contributed by atoms with E-state index in [0.29, 0.717) is 62.8 Å². The van der Waals surface area contributed by atoms with Crippen LogP contribution in [0.4, 0.5) is 15.3 Å². The summed E-state index contributed by atoms with van der Waals surface area (Å²) in [5, 5.41) is 12.6. The second kappa shape index (κ2) is 10.3. The van der Waals surface area contributed by atoms with Gasteiger partial charge < -0.3 is 34.4 Å². The first-order valence-corrected chi connectivity index (χ1v) is 12.2. The van der Waals surface area contributed by atoms with Crippen LogP contribution in [0.3, 0.4) is 0 Å². The number of rotatable bonds is 5. The zero-order valence-electron chi connectivity index (χ0n) is 19.9. The molecule has 3 aliphatic heterocycles. The van der Waals surface area contributed by atoms with Gasteiger partial charge in [0.2, 0.25) is 6.10 Å². The van der Waals surface area contributed by atoms with Crippen LogP contribution in [0.1, 0.15) is 24.0 Å². The van der Waals surface area contributed by atoms with Crippen LogP contribution in [0.5, 0.6) is 11.5 Å². The van der Waals surface area contributed by atoms with Crippen molar-refractivity contribution in [3.8, 4) is 11.5 Å². The van der Waals surface area contributed by atoms with Crippen molar-refractivity contribution >= 4 is 23.8 Å². The quantitative estimate of drug-likeness (QED) is 0.654. The van der Waals surface area contributed by atoms with Crippen molar-refractivity contribution in [2.75, 3.05) is 38.2 Å². The molecule has 1 unspecified atom stereocenters. The van der Waals surface area contributed by atoms with Crippen LogP contribution in [-0.4, -0.2) is 78.0 Å². The van der Waals surface area contributed by atoms with Gasteiger partial charge in [-0.2, -0.15) is 0 Å². The third kappa shape index (κ3) is 5.17. The average molecular weight is 496 g/mol. The standard InChI is InChI=1S/C26H29N3O7/c30-24(31)23(16-17-5-6-21-22(15-17)35-14-13-34-21)36-26(33)28-10-8-19(9-11-28)29-12-7-18-3-1-2-4-20(18)27-25(29)32/h1-6,15,19,23H,7-14,16H2,(H,27,32)(H,30,31). The molecule has 1 atom stereocenters. The maximum absolute atomic E-state index is 12.8. The fourth-order valence-electron chi connectivity index (χ4n) is 4.90. The molecule has 2 aromatic rings. The highest BCUT2D eigenvalue weighted by Crippen LogP contribution is 2.31. The molecule has 1 fully saturated rings. The van der Waals surface area contributed by atoms with Crippen molar-refractivity contribution < 1.29 is 33.7 Å². The van der Waals surface area contributed by atoms with Crippen molar-refractivity contribution in [1.29, 1.82) is 0 Å². The number of carbonyl (C=O) groups excluding carboxylic acids is 2. The number of carbonyl (C=O) groups is 3. The van der Waals surface area contributed by atoms with Crippen molar-refractivity contribution in [3.05, 3.63) is 53.6 Å². The number of ether oxygens (including phenoxy) is 3. The van der Waals surface area contributed by atoms with Gasteiger partial charge in [0.25, 0.3) is 0 Å². The van der Waals surface area contributed by atoms with Crippen LogP contribution in [0.2, 0.25) is 0 Å². The first-order chi connectivity index (χ1) is 17.5. The Morgan fingerprint density at radius 1 is 1.06 bits per heavy atom. The summed E-state index contributed by atoms with van der Waals surface area (Å²) in [4.78, 5) is 40.8. The molecule has 0 saturated carbocycles. The van der Waals surface area contributed by atoms with Gasteiger partial charge in [-0.3, -0.25) is 0 Å². The number of hydrogen-bond donors (Lipinski definition) is 2. The van der Waals surface area contributed by atoms with Crippen molar-refractivity contribution in [2.24, 2.45) is 0 Å². The lowest BCUT2D eigenvalue weighted by Gasteiger charge is -2.37. The molecule has 2 N–H and O–H groups in total. The van der Waals surface area contributed by atoms with E-state index >= 15 is 0 Å². The average Bonchev–Trinajstić information content (AvgIpc) is 3.06. The maximum atomic E-state index is 12.8. The Morgan fingerprint density at radius 3 is 2.58 bits per heavy atom. The van der Waals surface area contributed by atoms with E-state index < -0.39 is 18.2 Å². The highest BCUT2D eigenvalue weighted by atomic mass is 16.6. The largest absolute Gasteiger partial charge is 0.486 e. The molecule has 0 aliphatic carbocycles. The Morgan fingerprint density at radius 2 is 1.81 bits per heavy atom. The highest BCUT2D eigenvalue weighted by molar-refractivity contribution is 5.91. The first kappa shape index (κ1) is 23.8. The molecule has 10 nitrogen and oxygen atoms in total. The molecule has 3 amide bonds. The lowest BCUT2D eigenvalue weighted by Crippen LogP contribution is -2.50. The Hall–Kier alpha value is -3.95. The number of para-hydroxylation sites is 1. The van der Waals surface area contributed by atoms with Gasteiger partial charge in [-0.15, -0.1) is 0 Å². The van der Waals surface area contributed by atoms with Gasteiger partial charge in [-0.25, -0.2) is 14.4 Å². The Bertz CT molecular complexity index is 1150. The molecule has 2 aromatic carbocycles. The number of nitrogens with zero attached hydrogens (tertiary/aromatic N) is 2. The molecule has 1 saturated heterocycles. The van der Waals surface area contributed by atoms with Gasteiger partial charge in [0.15, 0.2) is 11.5 Å². The second-order valence-electron chi connectivity index (χ2n) is 9.14.